The monoisotopic (exact) mass is 406 g/mol. The van der Waals surface area contributed by atoms with Gasteiger partial charge in [0.15, 0.2) is 17.3 Å². The van der Waals surface area contributed by atoms with Crippen molar-refractivity contribution in [2.75, 3.05) is 19.8 Å². The first-order valence-electron chi connectivity index (χ1n) is 10.1. The fourth-order valence-corrected chi connectivity index (χ4v) is 4.37. The maximum Gasteiger partial charge on any atom is 0.325 e. The number of nitrogens with zero attached hydrogens (tertiary/aromatic N) is 1. The van der Waals surface area contributed by atoms with Crippen LogP contribution >= 0.6 is 0 Å². The fraction of sp³-hybridized carbons (Fsp3) is 0.348. The molecule has 0 aromatic heterocycles. The zero-order valence-electron chi connectivity index (χ0n) is 16.7. The number of carbonyl (C=O) groups excluding carboxylic acids is 3. The van der Waals surface area contributed by atoms with Crippen molar-refractivity contribution in [3.63, 3.8) is 0 Å². The van der Waals surface area contributed by atoms with Crippen molar-refractivity contribution in [2.24, 2.45) is 0 Å². The van der Waals surface area contributed by atoms with Gasteiger partial charge >= 0.3 is 6.03 Å². The van der Waals surface area contributed by atoms with Crippen LogP contribution in [0.15, 0.2) is 36.4 Å². The van der Waals surface area contributed by atoms with Crippen LogP contribution in [0.25, 0.3) is 0 Å². The van der Waals surface area contributed by atoms with Crippen LogP contribution in [0.4, 0.5) is 4.79 Å². The lowest BCUT2D eigenvalue weighted by molar-refractivity contribution is -0.130. The first kappa shape index (κ1) is 18.7. The number of hydrogen-bond donors (Lipinski definition) is 1. The zero-order valence-corrected chi connectivity index (χ0v) is 16.7. The Morgan fingerprint density at radius 2 is 1.80 bits per heavy atom. The summed E-state index contributed by atoms with van der Waals surface area (Å²) in [6.45, 7) is 2.24. The highest BCUT2D eigenvalue weighted by Gasteiger charge is 2.49. The molecular weight excluding hydrogens is 384 g/mol. The van der Waals surface area contributed by atoms with Gasteiger partial charge in [0.25, 0.3) is 5.91 Å². The predicted octanol–water partition coefficient (Wildman–Crippen LogP) is 2.60. The van der Waals surface area contributed by atoms with Gasteiger partial charge in [-0.25, -0.2) is 4.79 Å². The average molecular weight is 406 g/mol. The van der Waals surface area contributed by atoms with Crippen LogP contribution in [0.5, 0.6) is 11.5 Å². The van der Waals surface area contributed by atoms with E-state index in [1.54, 1.807) is 25.1 Å². The van der Waals surface area contributed by atoms with E-state index in [9.17, 15) is 14.4 Å². The number of rotatable bonds is 4. The molecule has 3 amide bonds. The number of Topliss-reactive ketones (excluding diaryl/α,β-unsaturated/α-hetero) is 1. The van der Waals surface area contributed by atoms with E-state index in [1.165, 1.54) is 11.1 Å². The quantitative estimate of drug-likeness (QED) is 0.623. The van der Waals surface area contributed by atoms with Gasteiger partial charge in [-0.05, 0) is 61.1 Å². The number of fused-ring (bicyclic) bond motifs is 2. The molecule has 0 radical (unpaired) electrons. The van der Waals surface area contributed by atoms with E-state index in [-0.39, 0.29) is 12.3 Å². The third kappa shape index (κ3) is 2.93. The maximum atomic E-state index is 13.2. The van der Waals surface area contributed by atoms with E-state index in [4.69, 9.17) is 9.47 Å². The van der Waals surface area contributed by atoms with Gasteiger partial charge in [-0.2, -0.15) is 0 Å². The summed E-state index contributed by atoms with van der Waals surface area (Å²) in [6.07, 6.45) is 3.13. The van der Waals surface area contributed by atoms with Gasteiger partial charge < -0.3 is 14.8 Å². The van der Waals surface area contributed by atoms with Crippen LogP contribution in [-0.4, -0.2) is 42.4 Å². The molecule has 5 rings (SSSR count). The largest absolute Gasteiger partial charge is 0.486 e. The van der Waals surface area contributed by atoms with Crippen LogP contribution in [0.3, 0.4) is 0 Å². The van der Waals surface area contributed by atoms with Crippen molar-refractivity contribution >= 4 is 17.7 Å². The molecular formula is C23H22N2O5. The number of ketones is 1. The number of aryl methyl sites for hydroxylation is 2. The van der Waals surface area contributed by atoms with Crippen LogP contribution in [0, 0.1) is 0 Å². The second-order valence-electron chi connectivity index (χ2n) is 8.07. The molecule has 7 heteroatoms. The lowest BCUT2D eigenvalue weighted by Crippen LogP contribution is -2.41. The molecule has 1 aliphatic carbocycles. The van der Waals surface area contributed by atoms with Gasteiger partial charge in [0.1, 0.15) is 18.8 Å². The van der Waals surface area contributed by atoms with E-state index in [0.29, 0.717) is 30.3 Å². The van der Waals surface area contributed by atoms with Crippen molar-refractivity contribution in [3.8, 4) is 11.5 Å². The molecule has 0 saturated carbocycles. The number of ether oxygens (including phenoxy) is 2. The highest BCUT2D eigenvalue weighted by molar-refractivity contribution is 6.11. The normalized spacial score (nSPS) is 22.1. The molecule has 1 saturated heterocycles. The van der Waals surface area contributed by atoms with Crippen LogP contribution in [0.1, 0.15) is 40.4 Å². The Morgan fingerprint density at radius 1 is 1.03 bits per heavy atom. The highest BCUT2D eigenvalue weighted by Crippen LogP contribution is 2.34. The Balaban J connectivity index is 1.37. The number of imide groups is 1. The molecule has 0 bridgehead atoms. The maximum absolute atomic E-state index is 13.2. The molecule has 2 aromatic carbocycles. The number of benzene rings is 2. The van der Waals surface area contributed by atoms with Crippen molar-refractivity contribution in [1.29, 1.82) is 0 Å². The van der Waals surface area contributed by atoms with E-state index in [1.807, 2.05) is 18.2 Å². The third-order valence-electron chi connectivity index (χ3n) is 6.12. The second kappa shape index (κ2) is 6.86. The number of carbonyl (C=O) groups is 3. The SMILES string of the molecule is C[C@]1(c2ccc3c(c2)CCC3)NC(=O)N(CC(=O)c2ccc3c(c2)OCCO3)C1=O. The third-order valence-corrected chi connectivity index (χ3v) is 6.12. The Bertz CT molecular complexity index is 1080. The van der Waals surface area contributed by atoms with E-state index in [2.05, 4.69) is 5.32 Å². The van der Waals surface area contributed by atoms with Gasteiger partial charge in [-0.1, -0.05) is 18.2 Å². The lowest BCUT2D eigenvalue weighted by Gasteiger charge is -2.23. The molecule has 2 aliphatic heterocycles. The number of hydrogen-bond acceptors (Lipinski definition) is 5. The molecule has 1 fully saturated rings. The molecule has 1 atom stereocenters. The van der Waals surface area contributed by atoms with Gasteiger partial charge in [0.05, 0.1) is 6.54 Å². The van der Waals surface area contributed by atoms with E-state index < -0.39 is 17.5 Å². The molecule has 7 nitrogen and oxygen atoms in total. The molecule has 0 spiro atoms. The lowest BCUT2D eigenvalue weighted by atomic mass is 9.89. The molecule has 2 heterocycles. The molecule has 0 unspecified atom stereocenters. The number of urea groups is 1. The minimum atomic E-state index is -1.18. The molecule has 154 valence electrons. The van der Waals surface area contributed by atoms with E-state index in [0.717, 1.165) is 29.7 Å². The van der Waals surface area contributed by atoms with E-state index >= 15 is 0 Å². The topological polar surface area (TPSA) is 84.9 Å². The zero-order chi connectivity index (χ0) is 20.9. The summed E-state index contributed by atoms with van der Waals surface area (Å²) in [6, 6.07) is 10.3. The van der Waals surface area contributed by atoms with Gasteiger partial charge in [-0.15, -0.1) is 0 Å². The van der Waals surface area contributed by atoms with Crippen LogP contribution in [-0.2, 0) is 23.2 Å². The summed E-state index contributed by atoms with van der Waals surface area (Å²) >= 11 is 0. The minimum Gasteiger partial charge on any atom is -0.486 e. The summed E-state index contributed by atoms with van der Waals surface area (Å²) in [5.41, 5.74) is 2.45. The highest BCUT2D eigenvalue weighted by atomic mass is 16.6. The Labute approximate surface area is 174 Å². The second-order valence-corrected chi connectivity index (χ2v) is 8.07. The Hall–Kier alpha value is -3.35. The average Bonchev–Trinajstić information content (AvgIpc) is 3.31. The molecule has 1 N–H and O–H groups in total. The van der Waals surface area contributed by atoms with Gasteiger partial charge in [0.2, 0.25) is 0 Å². The van der Waals surface area contributed by atoms with Crippen LogP contribution < -0.4 is 14.8 Å². The number of nitrogens with one attached hydrogen (secondary N) is 1. The molecule has 3 aliphatic rings. The summed E-state index contributed by atoms with van der Waals surface area (Å²) in [7, 11) is 0. The Kier molecular flexibility index (Phi) is 4.27. The fourth-order valence-electron chi connectivity index (χ4n) is 4.37. The standard InChI is InChI=1S/C23H22N2O5/c1-23(17-7-5-14-3-2-4-15(14)11-17)21(27)25(22(28)24-23)13-18(26)16-6-8-19-20(12-16)30-10-9-29-19/h5-8,11-12H,2-4,9-10,13H2,1H3,(H,24,28)/t23-/m1/s1. The van der Waals surface area contributed by atoms with Crippen molar-refractivity contribution in [1.82, 2.24) is 10.2 Å². The molecule has 2 aromatic rings. The minimum absolute atomic E-state index is 0.329. The van der Waals surface area contributed by atoms with Gasteiger partial charge in [-0.3, -0.25) is 14.5 Å². The van der Waals surface area contributed by atoms with Crippen molar-refractivity contribution < 1.29 is 23.9 Å². The first-order chi connectivity index (χ1) is 14.5. The van der Waals surface area contributed by atoms with Crippen LogP contribution in [0.2, 0.25) is 0 Å². The van der Waals surface area contributed by atoms with Crippen molar-refractivity contribution in [2.45, 2.75) is 31.7 Å². The summed E-state index contributed by atoms with van der Waals surface area (Å²) < 4.78 is 11.0. The predicted molar refractivity (Wildman–Crippen MR) is 108 cm³/mol. The smallest absolute Gasteiger partial charge is 0.325 e. The summed E-state index contributed by atoms with van der Waals surface area (Å²) in [4.78, 5) is 39.6. The first-order valence-corrected chi connectivity index (χ1v) is 10.1. The number of amides is 3. The van der Waals surface area contributed by atoms with Gasteiger partial charge in [0, 0.05) is 5.56 Å². The summed E-state index contributed by atoms with van der Waals surface area (Å²) in [5, 5.41) is 2.78. The van der Waals surface area contributed by atoms with Crippen molar-refractivity contribution in [3.05, 3.63) is 58.7 Å². The Morgan fingerprint density at radius 3 is 2.63 bits per heavy atom. The summed E-state index contributed by atoms with van der Waals surface area (Å²) in [5.74, 6) is 0.314. The molecule has 30 heavy (non-hydrogen) atoms.